The molecular weight excluding hydrogens is 134 g/mol. The largest absolute Gasteiger partial charge is 0.309 e. The minimum absolute atomic E-state index is 0.847. The van der Waals surface area contributed by atoms with Gasteiger partial charge in [0.25, 0.3) is 0 Å². The number of nitrogens with zero attached hydrogens (tertiary/aromatic N) is 1. The zero-order valence-corrected chi connectivity index (χ0v) is 8.72. The minimum Gasteiger partial charge on any atom is -0.309 e. The third-order valence-electron chi connectivity index (χ3n) is 2.51. The molecule has 1 nitrogen and oxygen atoms in total. The molecule has 0 N–H and O–H groups in total. The summed E-state index contributed by atoms with van der Waals surface area (Å²) in [5.41, 5.74) is 0. The number of rotatable bonds is 5. The number of hydrogen-bond donors (Lipinski definition) is 0. The molecule has 0 spiro atoms. The van der Waals surface area contributed by atoms with Crippen LogP contribution in [-0.4, -0.2) is 25.5 Å². The van der Waals surface area contributed by atoms with E-state index < -0.39 is 0 Å². The Bertz CT molecular complexity index is 84.9. The van der Waals surface area contributed by atoms with Gasteiger partial charge in [-0.3, -0.25) is 0 Å². The molecule has 1 heteroatoms. The molecule has 0 saturated heterocycles. The molecule has 0 aromatic rings. The molecule has 0 saturated carbocycles. The molecule has 0 heterocycles. The highest BCUT2D eigenvalue weighted by molar-refractivity contribution is 4.65. The average molecular weight is 157 g/mol. The van der Waals surface area contributed by atoms with Crippen LogP contribution in [0.4, 0.5) is 0 Å². The molecule has 0 bridgehead atoms. The Kier molecular flexibility index (Phi) is 5.57. The van der Waals surface area contributed by atoms with Crippen molar-refractivity contribution in [3.63, 3.8) is 0 Å². The van der Waals surface area contributed by atoms with Crippen LogP contribution >= 0.6 is 0 Å². The van der Waals surface area contributed by atoms with E-state index >= 15 is 0 Å². The summed E-state index contributed by atoms with van der Waals surface area (Å²) >= 11 is 0. The second kappa shape index (κ2) is 5.59. The van der Waals surface area contributed by atoms with Crippen LogP contribution in [0.2, 0.25) is 0 Å². The van der Waals surface area contributed by atoms with Crippen molar-refractivity contribution in [1.82, 2.24) is 4.90 Å². The molecule has 1 unspecified atom stereocenters. The van der Waals surface area contributed by atoms with Gasteiger partial charge in [-0.2, -0.15) is 0 Å². The lowest BCUT2D eigenvalue weighted by atomic mass is 9.89. The summed E-state index contributed by atoms with van der Waals surface area (Å²) in [6.45, 7) is 8.17. The topological polar surface area (TPSA) is 3.24 Å². The van der Waals surface area contributed by atoms with Crippen molar-refractivity contribution in [2.45, 2.75) is 33.6 Å². The third kappa shape index (κ3) is 4.41. The van der Waals surface area contributed by atoms with Gasteiger partial charge in [0.2, 0.25) is 0 Å². The zero-order chi connectivity index (χ0) is 8.85. The van der Waals surface area contributed by atoms with Crippen LogP contribution in [0.1, 0.15) is 33.6 Å². The van der Waals surface area contributed by atoms with Gasteiger partial charge >= 0.3 is 0 Å². The molecule has 1 atom stereocenters. The zero-order valence-electron chi connectivity index (χ0n) is 8.72. The van der Waals surface area contributed by atoms with Crippen LogP contribution in [0.3, 0.4) is 0 Å². The Hall–Kier alpha value is -0.0400. The van der Waals surface area contributed by atoms with E-state index in [0.29, 0.717) is 0 Å². The van der Waals surface area contributed by atoms with Crippen molar-refractivity contribution in [2.24, 2.45) is 11.8 Å². The first-order valence-electron chi connectivity index (χ1n) is 4.76. The predicted molar refractivity (Wildman–Crippen MR) is 51.8 cm³/mol. The van der Waals surface area contributed by atoms with Gasteiger partial charge < -0.3 is 4.90 Å². The fraction of sp³-hybridized carbons (Fsp3) is 1.00. The van der Waals surface area contributed by atoms with Gasteiger partial charge in [-0.15, -0.1) is 0 Å². The van der Waals surface area contributed by atoms with E-state index in [9.17, 15) is 0 Å². The highest BCUT2D eigenvalue weighted by Crippen LogP contribution is 2.19. The molecular formula is C10H23N. The van der Waals surface area contributed by atoms with Gasteiger partial charge in [0.15, 0.2) is 0 Å². The Balaban J connectivity index is 3.68. The smallest absolute Gasteiger partial charge is 0.000356 e. The van der Waals surface area contributed by atoms with E-state index in [-0.39, 0.29) is 0 Å². The molecule has 0 rings (SSSR count). The van der Waals surface area contributed by atoms with Gasteiger partial charge in [-0.05, 0) is 25.9 Å². The molecule has 0 amide bonds. The normalized spacial score (nSPS) is 14.5. The van der Waals surface area contributed by atoms with Gasteiger partial charge in [-0.1, -0.05) is 33.6 Å². The van der Waals surface area contributed by atoms with Crippen LogP contribution in [0, 0.1) is 11.8 Å². The van der Waals surface area contributed by atoms with Crippen molar-refractivity contribution in [3.05, 3.63) is 0 Å². The van der Waals surface area contributed by atoms with Gasteiger partial charge in [0.1, 0.15) is 0 Å². The summed E-state index contributed by atoms with van der Waals surface area (Å²) in [6, 6.07) is 0. The fourth-order valence-electron chi connectivity index (χ4n) is 1.82. The molecule has 0 aliphatic carbocycles. The molecule has 0 radical (unpaired) electrons. The average Bonchev–Trinajstić information content (AvgIpc) is 1.88. The maximum atomic E-state index is 2.36. The Morgan fingerprint density at radius 1 is 1.09 bits per heavy atom. The molecule has 0 aromatic carbocycles. The van der Waals surface area contributed by atoms with E-state index in [1.54, 1.807) is 0 Å². The summed E-state index contributed by atoms with van der Waals surface area (Å²) in [5.74, 6) is 1.76. The first-order valence-corrected chi connectivity index (χ1v) is 4.76. The maximum Gasteiger partial charge on any atom is 0.000356 e. The van der Waals surface area contributed by atoms with E-state index in [4.69, 9.17) is 0 Å². The van der Waals surface area contributed by atoms with E-state index in [0.717, 1.165) is 11.8 Å². The minimum atomic E-state index is 0.847. The van der Waals surface area contributed by atoms with Crippen molar-refractivity contribution >= 4 is 0 Å². The van der Waals surface area contributed by atoms with Crippen LogP contribution in [-0.2, 0) is 0 Å². The first kappa shape index (κ1) is 11.0. The summed E-state index contributed by atoms with van der Waals surface area (Å²) in [7, 11) is 4.30. The van der Waals surface area contributed by atoms with E-state index in [1.165, 1.54) is 19.4 Å². The molecule has 0 aliphatic rings. The van der Waals surface area contributed by atoms with Gasteiger partial charge in [-0.25, -0.2) is 0 Å². The molecule has 0 aliphatic heterocycles. The Labute approximate surface area is 71.8 Å². The third-order valence-corrected chi connectivity index (χ3v) is 2.51. The lowest BCUT2D eigenvalue weighted by Crippen LogP contribution is -2.24. The highest BCUT2D eigenvalue weighted by Gasteiger charge is 2.13. The lowest BCUT2D eigenvalue weighted by molar-refractivity contribution is 0.252. The maximum absolute atomic E-state index is 2.36. The first-order chi connectivity index (χ1) is 5.11. The highest BCUT2D eigenvalue weighted by atomic mass is 15.1. The van der Waals surface area contributed by atoms with Crippen molar-refractivity contribution < 1.29 is 0 Å². The predicted octanol–water partition coefficient (Wildman–Crippen LogP) is 2.62. The second-order valence-corrected chi connectivity index (χ2v) is 3.82. The monoisotopic (exact) mass is 157 g/mol. The van der Waals surface area contributed by atoms with Crippen LogP contribution < -0.4 is 0 Å². The van der Waals surface area contributed by atoms with Crippen molar-refractivity contribution in [1.29, 1.82) is 0 Å². The summed E-state index contributed by atoms with van der Waals surface area (Å²) in [4.78, 5) is 2.28. The van der Waals surface area contributed by atoms with Crippen LogP contribution in [0.15, 0.2) is 0 Å². The van der Waals surface area contributed by atoms with Crippen molar-refractivity contribution in [3.8, 4) is 0 Å². The molecule has 68 valence electrons. The van der Waals surface area contributed by atoms with E-state index in [1.807, 2.05) is 0 Å². The van der Waals surface area contributed by atoms with E-state index in [2.05, 4.69) is 39.8 Å². The van der Waals surface area contributed by atoms with Crippen LogP contribution in [0.5, 0.6) is 0 Å². The molecule has 0 aromatic heterocycles. The second-order valence-electron chi connectivity index (χ2n) is 3.82. The lowest BCUT2D eigenvalue weighted by Gasteiger charge is -2.24. The number of hydrogen-bond acceptors (Lipinski definition) is 1. The summed E-state index contributed by atoms with van der Waals surface area (Å²) in [6.07, 6.45) is 2.65. The fourth-order valence-corrected chi connectivity index (χ4v) is 1.82. The Morgan fingerprint density at radius 3 is 1.82 bits per heavy atom. The SMILES string of the molecule is CCC(CC)C(C)CN(C)C. The van der Waals surface area contributed by atoms with Crippen LogP contribution in [0.25, 0.3) is 0 Å². The standard InChI is InChI=1S/C10H23N/c1-6-10(7-2)9(3)8-11(4)5/h9-10H,6-8H2,1-5H3. The summed E-state index contributed by atoms with van der Waals surface area (Å²) in [5, 5.41) is 0. The van der Waals surface area contributed by atoms with Gasteiger partial charge in [0.05, 0.1) is 0 Å². The molecule has 0 fully saturated rings. The van der Waals surface area contributed by atoms with Crippen molar-refractivity contribution in [2.75, 3.05) is 20.6 Å². The molecule has 11 heavy (non-hydrogen) atoms. The Morgan fingerprint density at radius 2 is 1.55 bits per heavy atom. The van der Waals surface area contributed by atoms with Gasteiger partial charge in [0, 0.05) is 6.54 Å². The quantitative estimate of drug-likeness (QED) is 0.593. The summed E-state index contributed by atoms with van der Waals surface area (Å²) < 4.78 is 0.